The number of imidazole rings is 1. The third kappa shape index (κ3) is 3.77. The van der Waals surface area contributed by atoms with Crippen molar-refractivity contribution in [2.24, 2.45) is 0 Å². The number of tetrazole rings is 1. The van der Waals surface area contributed by atoms with Gasteiger partial charge in [0, 0.05) is 19.2 Å². The van der Waals surface area contributed by atoms with Crippen molar-refractivity contribution in [3.05, 3.63) is 80.8 Å². The van der Waals surface area contributed by atoms with E-state index in [1.807, 2.05) is 48.5 Å². The molecule has 0 amide bonds. The van der Waals surface area contributed by atoms with E-state index in [2.05, 4.69) is 25.6 Å². The van der Waals surface area contributed by atoms with Crippen LogP contribution in [0.25, 0.3) is 33.7 Å². The fraction of sp³-hybridized carbons (Fsp3) is 0.250. The zero-order valence-corrected chi connectivity index (χ0v) is 20.2. The number of nitrogens with one attached hydrogen (secondary N) is 1. The Morgan fingerprint density at radius 1 is 1.03 bits per heavy atom. The number of nitrogens with zero attached hydrogens (tertiary/aromatic N) is 7. The number of H-pyrrole nitrogens is 1. The van der Waals surface area contributed by atoms with Crippen molar-refractivity contribution in [2.75, 3.05) is 14.2 Å². The van der Waals surface area contributed by atoms with E-state index in [0.29, 0.717) is 18.2 Å². The molecule has 5 rings (SSSR count). The number of rotatable bonds is 7. The number of benzene rings is 2. The molecule has 0 radical (unpaired) electrons. The average Bonchev–Trinajstić information content (AvgIpc) is 3.53. The minimum atomic E-state index is -0.780. The largest absolute Gasteiger partial charge is 0.411 e. The van der Waals surface area contributed by atoms with Crippen LogP contribution in [-0.2, 0) is 11.3 Å². The molecule has 1 atom stereocenters. The van der Waals surface area contributed by atoms with Crippen molar-refractivity contribution in [3.8, 4) is 22.5 Å². The summed E-state index contributed by atoms with van der Waals surface area (Å²) in [6.07, 6.45) is -0.780. The molecule has 5 aromatic rings. The summed E-state index contributed by atoms with van der Waals surface area (Å²) in [5, 5.41) is 14.3. The lowest BCUT2D eigenvalue weighted by Gasteiger charge is -2.15. The lowest BCUT2D eigenvalue weighted by molar-refractivity contribution is 0.0456. The molecule has 3 aromatic heterocycles. The van der Waals surface area contributed by atoms with Gasteiger partial charge in [0.25, 0.3) is 5.56 Å². The number of hydrogen-bond acceptors (Lipinski definition) is 8. The maximum atomic E-state index is 13.4. The highest BCUT2D eigenvalue weighted by Crippen LogP contribution is 2.30. The van der Waals surface area contributed by atoms with Gasteiger partial charge in [-0.05, 0) is 35.8 Å². The summed E-state index contributed by atoms with van der Waals surface area (Å²) in [5.74, 6) is 1.09. The van der Waals surface area contributed by atoms with Crippen molar-refractivity contribution < 1.29 is 9.57 Å². The number of ether oxygens (including phenoxy) is 1. The molecule has 12 heteroatoms. The Morgan fingerprint density at radius 3 is 2.39 bits per heavy atom. The van der Waals surface area contributed by atoms with Crippen LogP contribution in [0.4, 0.5) is 0 Å². The smallest absolute Gasteiger partial charge is 0.368 e. The van der Waals surface area contributed by atoms with Crippen LogP contribution >= 0.6 is 0 Å². The zero-order valence-electron chi connectivity index (χ0n) is 20.2. The van der Waals surface area contributed by atoms with E-state index in [-0.39, 0.29) is 11.2 Å². The first-order chi connectivity index (χ1) is 17.4. The second-order valence-electron chi connectivity index (χ2n) is 8.16. The van der Waals surface area contributed by atoms with Gasteiger partial charge in [0.1, 0.15) is 19.2 Å². The van der Waals surface area contributed by atoms with Crippen molar-refractivity contribution in [1.29, 1.82) is 0 Å². The van der Waals surface area contributed by atoms with Crippen LogP contribution in [0.3, 0.4) is 0 Å². The highest BCUT2D eigenvalue weighted by atomic mass is 16.7. The maximum Gasteiger partial charge on any atom is 0.368 e. The summed E-state index contributed by atoms with van der Waals surface area (Å²) in [6.45, 7) is 3.77. The number of aromatic nitrogens is 8. The first-order valence-electron chi connectivity index (χ1n) is 11.2. The SMILES string of the molecule is COC(C)n1c(=O)c2c(nc(C)n2Cc2ccc(-c3ccccc3-c3nn[nH]n3)cc2)n(OC)c1=O. The monoisotopic (exact) mass is 488 g/mol. The molecular weight excluding hydrogens is 464 g/mol. The number of aryl methyl sites for hydroxylation is 1. The number of hydrogen-bond donors (Lipinski definition) is 1. The molecule has 0 saturated heterocycles. The molecule has 1 N–H and O–H groups in total. The standard InChI is InChI=1S/C24H24N8O4/c1-14-25-22-20(23(33)31(15(2)35-3)24(34)32(22)36-4)30(14)13-16-9-11-17(12-10-16)18-7-5-6-8-19(18)21-26-28-29-27-21/h5-12,15H,13H2,1-4H3,(H,26,27,28,29). The third-order valence-electron chi connectivity index (χ3n) is 6.14. The Bertz CT molecular complexity index is 1650. The van der Waals surface area contributed by atoms with E-state index in [1.54, 1.807) is 18.4 Å². The first kappa shape index (κ1) is 23.2. The van der Waals surface area contributed by atoms with E-state index in [1.165, 1.54) is 14.2 Å². The maximum absolute atomic E-state index is 13.4. The van der Waals surface area contributed by atoms with E-state index in [4.69, 9.17) is 9.57 Å². The van der Waals surface area contributed by atoms with Crippen molar-refractivity contribution >= 4 is 11.2 Å². The average molecular weight is 489 g/mol. The molecule has 1 unspecified atom stereocenters. The Labute approximate surface area is 204 Å². The Morgan fingerprint density at radius 2 is 1.75 bits per heavy atom. The zero-order chi connectivity index (χ0) is 25.4. The Hall–Kier alpha value is -4.58. The van der Waals surface area contributed by atoms with Crippen LogP contribution in [0.2, 0.25) is 0 Å². The molecule has 0 fully saturated rings. The van der Waals surface area contributed by atoms with Crippen LogP contribution in [0.15, 0.2) is 58.1 Å². The number of fused-ring (bicyclic) bond motifs is 1. The van der Waals surface area contributed by atoms with Crippen molar-refractivity contribution in [3.63, 3.8) is 0 Å². The van der Waals surface area contributed by atoms with Gasteiger partial charge in [-0.2, -0.15) is 5.21 Å². The second kappa shape index (κ2) is 9.23. The van der Waals surface area contributed by atoms with E-state index in [9.17, 15) is 9.59 Å². The van der Waals surface area contributed by atoms with Gasteiger partial charge in [-0.1, -0.05) is 48.5 Å². The predicted molar refractivity (Wildman–Crippen MR) is 131 cm³/mol. The molecule has 0 aliphatic rings. The predicted octanol–water partition coefficient (Wildman–Crippen LogP) is 1.79. The molecule has 0 spiro atoms. The van der Waals surface area contributed by atoms with Crippen molar-refractivity contribution in [2.45, 2.75) is 26.6 Å². The highest BCUT2D eigenvalue weighted by Gasteiger charge is 2.23. The van der Waals surface area contributed by atoms with Gasteiger partial charge in [-0.25, -0.2) is 14.3 Å². The summed E-state index contributed by atoms with van der Waals surface area (Å²) in [4.78, 5) is 35.9. The summed E-state index contributed by atoms with van der Waals surface area (Å²) < 4.78 is 9.05. The molecule has 36 heavy (non-hydrogen) atoms. The molecule has 0 saturated carbocycles. The van der Waals surface area contributed by atoms with Gasteiger partial charge in [-0.3, -0.25) is 4.79 Å². The fourth-order valence-electron chi connectivity index (χ4n) is 4.25. The Balaban J connectivity index is 1.57. The molecule has 0 bridgehead atoms. The summed E-state index contributed by atoms with van der Waals surface area (Å²) in [6, 6.07) is 15.8. The van der Waals surface area contributed by atoms with E-state index < -0.39 is 17.5 Å². The summed E-state index contributed by atoms with van der Waals surface area (Å²) in [7, 11) is 2.78. The molecule has 0 aliphatic heterocycles. The van der Waals surface area contributed by atoms with Crippen LogP contribution in [-0.4, -0.2) is 53.7 Å². The number of aromatic amines is 1. The fourth-order valence-corrected chi connectivity index (χ4v) is 4.25. The van der Waals surface area contributed by atoms with Gasteiger partial charge in [0.2, 0.25) is 11.5 Å². The number of methoxy groups -OCH3 is 1. The van der Waals surface area contributed by atoms with Crippen molar-refractivity contribution in [1.82, 2.24) is 39.5 Å². The van der Waals surface area contributed by atoms with Gasteiger partial charge < -0.3 is 14.1 Å². The van der Waals surface area contributed by atoms with Gasteiger partial charge in [0.05, 0.1) is 0 Å². The molecular formula is C24H24N8O4. The van der Waals surface area contributed by atoms with Gasteiger partial charge >= 0.3 is 5.69 Å². The summed E-state index contributed by atoms with van der Waals surface area (Å²) >= 11 is 0. The lowest BCUT2D eigenvalue weighted by atomic mass is 9.98. The van der Waals surface area contributed by atoms with Gasteiger partial charge in [0.15, 0.2) is 5.52 Å². The van der Waals surface area contributed by atoms with Crippen LogP contribution in [0.1, 0.15) is 24.5 Å². The normalized spacial score (nSPS) is 12.2. The molecule has 2 aromatic carbocycles. The molecule has 0 aliphatic carbocycles. The highest BCUT2D eigenvalue weighted by molar-refractivity contribution is 5.80. The molecule has 12 nitrogen and oxygen atoms in total. The third-order valence-corrected chi connectivity index (χ3v) is 6.14. The van der Waals surface area contributed by atoms with Crippen LogP contribution < -0.4 is 16.1 Å². The quantitative estimate of drug-likeness (QED) is 0.366. The topological polar surface area (TPSA) is 135 Å². The van der Waals surface area contributed by atoms with Gasteiger partial charge in [-0.15, -0.1) is 14.9 Å². The van der Waals surface area contributed by atoms with E-state index in [0.717, 1.165) is 31.6 Å². The Kier molecular flexibility index (Phi) is 5.94. The van der Waals surface area contributed by atoms with Crippen LogP contribution in [0, 0.1) is 6.92 Å². The summed E-state index contributed by atoms with van der Waals surface area (Å²) in [5.41, 5.74) is 3.02. The minimum absolute atomic E-state index is 0.162. The molecule has 3 heterocycles. The minimum Gasteiger partial charge on any atom is -0.411 e. The first-order valence-corrected chi connectivity index (χ1v) is 11.2. The lowest BCUT2D eigenvalue weighted by Crippen LogP contribution is -2.44. The second-order valence-corrected chi connectivity index (χ2v) is 8.16. The van der Waals surface area contributed by atoms with E-state index >= 15 is 0 Å². The molecule has 184 valence electrons. The van der Waals surface area contributed by atoms with Crippen LogP contribution in [0.5, 0.6) is 0 Å².